The highest BCUT2D eigenvalue weighted by Gasteiger charge is 2.10. The molecule has 0 spiro atoms. The monoisotopic (exact) mass is 560 g/mol. The van der Waals surface area contributed by atoms with E-state index in [0.717, 1.165) is 21.0 Å². The van der Waals surface area contributed by atoms with Gasteiger partial charge in [-0.3, -0.25) is 14.4 Å². The summed E-state index contributed by atoms with van der Waals surface area (Å²) in [5, 5.41) is 7.56. The number of anilines is 2. The third kappa shape index (κ3) is 7.91. The normalized spacial score (nSPS) is 10.5. The lowest BCUT2D eigenvalue weighted by atomic mass is 10.1. The van der Waals surface area contributed by atoms with Gasteiger partial charge in [0.2, 0.25) is 5.91 Å². The maximum absolute atomic E-state index is 12.2. The van der Waals surface area contributed by atoms with Gasteiger partial charge in [-0.25, -0.2) is 0 Å². The molecule has 0 atom stereocenters. The van der Waals surface area contributed by atoms with E-state index in [-0.39, 0.29) is 25.4 Å². The molecule has 37 heavy (non-hydrogen) atoms. The maximum atomic E-state index is 12.2. The average molecular weight is 561 g/mol. The van der Waals surface area contributed by atoms with Crippen molar-refractivity contribution in [2.24, 2.45) is 0 Å². The number of ether oxygens (including phenoxy) is 2. The van der Waals surface area contributed by atoms with E-state index in [1.165, 1.54) is 0 Å². The Kier molecular flexibility index (Phi) is 8.89. The topological polar surface area (TPSA) is 93.7 Å². The summed E-state index contributed by atoms with van der Waals surface area (Å²) < 4.78 is 11.9. The molecule has 0 aliphatic carbocycles. The first-order chi connectivity index (χ1) is 18.0. The van der Waals surface area contributed by atoms with Crippen LogP contribution in [-0.2, 0) is 19.1 Å². The van der Waals surface area contributed by atoms with Gasteiger partial charge in [0.25, 0.3) is 5.91 Å². The molecule has 2 amide bonds. The number of carbonyl (C=O) groups is 3. The molecule has 0 aliphatic rings. The van der Waals surface area contributed by atoms with E-state index < -0.39 is 11.9 Å². The van der Waals surface area contributed by atoms with Crippen molar-refractivity contribution in [2.75, 3.05) is 17.2 Å². The van der Waals surface area contributed by atoms with Crippen molar-refractivity contribution >= 4 is 55.9 Å². The van der Waals surface area contributed by atoms with Crippen LogP contribution >= 0.6 is 15.9 Å². The number of hydrogen-bond donors (Lipinski definition) is 2. The quantitative estimate of drug-likeness (QED) is 0.211. The summed E-state index contributed by atoms with van der Waals surface area (Å²) in [6, 6.07) is 28.0. The fourth-order valence-electron chi connectivity index (χ4n) is 3.58. The number of fused-ring (bicyclic) bond motifs is 1. The van der Waals surface area contributed by atoms with Crippen molar-refractivity contribution in [3.8, 4) is 11.5 Å². The first kappa shape index (κ1) is 25.9. The molecule has 8 heteroatoms. The van der Waals surface area contributed by atoms with E-state index in [0.29, 0.717) is 23.5 Å². The van der Waals surface area contributed by atoms with E-state index in [4.69, 9.17) is 9.47 Å². The standard InChI is InChI=1S/C29H25BrN2O5/c30-21-11-13-22(14-12-21)32-28(34)19-36-29(35)10-4-9-27(33)31-23-15-17-24(18-16-23)37-26-8-3-6-20-5-1-2-7-25(20)26/h1-3,5-8,11-18H,4,9-10,19H2,(H,31,33)(H,32,34). The summed E-state index contributed by atoms with van der Waals surface area (Å²) in [5.74, 6) is 0.229. The molecule has 0 radical (unpaired) electrons. The first-order valence-corrected chi connectivity index (χ1v) is 12.5. The van der Waals surface area contributed by atoms with Crippen LogP contribution in [0.25, 0.3) is 10.8 Å². The van der Waals surface area contributed by atoms with Crippen LogP contribution in [0, 0.1) is 0 Å². The summed E-state index contributed by atoms with van der Waals surface area (Å²) in [5.41, 5.74) is 1.23. The number of rotatable bonds is 10. The van der Waals surface area contributed by atoms with Crippen molar-refractivity contribution in [1.29, 1.82) is 0 Å². The predicted molar refractivity (Wildman–Crippen MR) is 147 cm³/mol. The SMILES string of the molecule is O=C(CCCC(=O)OCC(=O)Nc1ccc(Br)cc1)Nc1ccc(Oc2cccc3ccccc23)cc1. The minimum Gasteiger partial charge on any atom is -0.457 e. The van der Waals surface area contributed by atoms with Crippen LogP contribution < -0.4 is 15.4 Å². The van der Waals surface area contributed by atoms with Crippen molar-refractivity contribution in [3.05, 3.63) is 95.5 Å². The van der Waals surface area contributed by atoms with Crippen molar-refractivity contribution in [1.82, 2.24) is 0 Å². The molecule has 4 rings (SSSR count). The largest absolute Gasteiger partial charge is 0.457 e. The smallest absolute Gasteiger partial charge is 0.306 e. The van der Waals surface area contributed by atoms with Gasteiger partial charge < -0.3 is 20.1 Å². The van der Waals surface area contributed by atoms with Gasteiger partial charge in [0.15, 0.2) is 6.61 Å². The highest BCUT2D eigenvalue weighted by Crippen LogP contribution is 2.30. The molecule has 0 heterocycles. The highest BCUT2D eigenvalue weighted by molar-refractivity contribution is 9.10. The Bertz CT molecular complexity index is 1380. The molecule has 0 fully saturated rings. The number of amides is 2. The Morgan fingerprint density at radius 3 is 2.11 bits per heavy atom. The van der Waals surface area contributed by atoms with Crippen LogP contribution in [0.4, 0.5) is 11.4 Å². The van der Waals surface area contributed by atoms with E-state index in [1.807, 2.05) is 42.5 Å². The molecule has 188 valence electrons. The van der Waals surface area contributed by atoms with Gasteiger partial charge in [-0.2, -0.15) is 0 Å². The summed E-state index contributed by atoms with van der Waals surface area (Å²) in [7, 11) is 0. The second-order valence-corrected chi connectivity index (χ2v) is 9.14. The molecule has 0 aromatic heterocycles. The van der Waals surface area contributed by atoms with Crippen LogP contribution in [0.15, 0.2) is 95.5 Å². The fourth-order valence-corrected chi connectivity index (χ4v) is 3.85. The Morgan fingerprint density at radius 2 is 1.35 bits per heavy atom. The number of carbonyl (C=O) groups excluding carboxylic acids is 3. The van der Waals surface area contributed by atoms with Gasteiger partial charge in [0.05, 0.1) is 0 Å². The zero-order valence-electron chi connectivity index (χ0n) is 19.9. The second-order valence-electron chi connectivity index (χ2n) is 8.22. The van der Waals surface area contributed by atoms with E-state index in [2.05, 4.69) is 26.6 Å². The molecule has 0 saturated carbocycles. The molecule has 4 aromatic rings. The third-order valence-corrected chi connectivity index (χ3v) is 5.92. The number of nitrogens with one attached hydrogen (secondary N) is 2. The van der Waals surface area contributed by atoms with Crippen LogP contribution in [0.1, 0.15) is 19.3 Å². The van der Waals surface area contributed by atoms with Gasteiger partial charge in [-0.1, -0.05) is 52.3 Å². The van der Waals surface area contributed by atoms with Gasteiger partial charge in [-0.15, -0.1) is 0 Å². The number of hydrogen-bond acceptors (Lipinski definition) is 5. The molecule has 4 aromatic carbocycles. The number of halogens is 1. The number of esters is 1. The summed E-state index contributed by atoms with van der Waals surface area (Å²) in [6.07, 6.45) is 0.493. The zero-order valence-corrected chi connectivity index (χ0v) is 21.5. The number of benzene rings is 4. The Balaban J connectivity index is 1.16. The van der Waals surface area contributed by atoms with Crippen LogP contribution in [-0.4, -0.2) is 24.4 Å². The van der Waals surface area contributed by atoms with Crippen LogP contribution in [0.5, 0.6) is 11.5 Å². The van der Waals surface area contributed by atoms with Gasteiger partial charge in [-0.05, 0) is 66.4 Å². The molecule has 0 bridgehead atoms. The zero-order chi connectivity index (χ0) is 26.0. The summed E-state index contributed by atoms with van der Waals surface area (Å²) in [6.45, 7) is -0.381. The Morgan fingerprint density at radius 1 is 0.703 bits per heavy atom. The van der Waals surface area contributed by atoms with Crippen LogP contribution in [0.3, 0.4) is 0 Å². The molecule has 0 saturated heterocycles. The minimum absolute atomic E-state index is 0.0385. The van der Waals surface area contributed by atoms with E-state index in [1.54, 1.807) is 48.5 Å². The Hall–Kier alpha value is -4.17. The lowest BCUT2D eigenvalue weighted by Crippen LogP contribution is -2.21. The molecule has 2 N–H and O–H groups in total. The first-order valence-electron chi connectivity index (χ1n) is 11.7. The second kappa shape index (κ2) is 12.7. The summed E-state index contributed by atoms with van der Waals surface area (Å²) >= 11 is 3.32. The van der Waals surface area contributed by atoms with Crippen molar-refractivity contribution < 1.29 is 23.9 Å². The van der Waals surface area contributed by atoms with E-state index >= 15 is 0 Å². The molecule has 0 aliphatic heterocycles. The summed E-state index contributed by atoms with van der Waals surface area (Å²) in [4.78, 5) is 36.0. The van der Waals surface area contributed by atoms with Crippen molar-refractivity contribution in [2.45, 2.75) is 19.3 Å². The molecule has 0 unspecified atom stereocenters. The molecule has 7 nitrogen and oxygen atoms in total. The predicted octanol–water partition coefficient (Wildman–Crippen LogP) is 6.69. The van der Waals surface area contributed by atoms with Crippen LogP contribution in [0.2, 0.25) is 0 Å². The highest BCUT2D eigenvalue weighted by atomic mass is 79.9. The van der Waals surface area contributed by atoms with Gasteiger partial charge >= 0.3 is 5.97 Å². The maximum Gasteiger partial charge on any atom is 0.306 e. The molecular weight excluding hydrogens is 536 g/mol. The van der Waals surface area contributed by atoms with Crippen molar-refractivity contribution in [3.63, 3.8) is 0 Å². The van der Waals surface area contributed by atoms with E-state index in [9.17, 15) is 14.4 Å². The molecular formula is C29H25BrN2O5. The third-order valence-electron chi connectivity index (χ3n) is 5.39. The van der Waals surface area contributed by atoms with Gasteiger partial charge in [0.1, 0.15) is 11.5 Å². The average Bonchev–Trinajstić information content (AvgIpc) is 2.90. The minimum atomic E-state index is -0.534. The lowest BCUT2D eigenvalue weighted by molar-refractivity contribution is -0.147. The lowest BCUT2D eigenvalue weighted by Gasteiger charge is -2.10. The van der Waals surface area contributed by atoms with Gasteiger partial charge in [0, 0.05) is 34.1 Å². The fraction of sp³-hybridized carbons (Fsp3) is 0.138. The Labute approximate surface area is 222 Å².